The van der Waals surface area contributed by atoms with E-state index >= 15 is 0 Å². The van der Waals surface area contributed by atoms with Gasteiger partial charge in [0.2, 0.25) is 0 Å². The molecule has 2 nitrogen and oxygen atoms in total. The lowest BCUT2D eigenvalue weighted by Crippen LogP contribution is -1.90. The van der Waals surface area contributed by atoms with Crippen LogP contribution in [0.2, 0.25) is 0 Å². The maximum absolute atomic E-state index is 11.3. The van der Waals surface area contributed by atoms with Crippen LogP contribution in [0.1, 0.15) is 10.6 Å². The first kappa shape index (κ1) is 11.8. The first-order chi connectivity index (χ1) is 9.31. The van der Waals surface area contributed by atoms with Gasteiger partial charge in [0, 0.05) is 10.9 Å². The van der Waals surface area contributed by atoms with Gasteiger partial charge in [-0.25, -0.2) is 0 Å². The summed E-state index contributed by atoms with van der Waals surface area (Å²) in [4.78, 5) is 11.3. The van der Waals surface area contributed by atoms with Gasteiger partial charge in [0.25, 0.3) is 0 Å². The average Bonchev–Trinajstić information content (AvgIpc) is 2.48. The first-order valence-corrected chi connectivity index (χ1v) is 6.28. The molecular weight excluding hydrogens is 256 g/mol. The number of aldehydes is 1. The topological polar surface area (TPSA) is 30.2 Å². The number of carbonyl (C=O) groups is 1. The Kier molecular flexibility index (Phi) is 2.97. The van der Waals surface area contributed by atoms with Gasteiger partial charge < -0.3 is 4.42 Å². The molecular formula is C16H10O2S. The van der Waals surface area contributed by atoms with E-state index in [0.29, 0.717) is 21.9 Å². The van der Waals surface area contributed by atoms with Crippen LogP contribution in [0.3, 0.4) is 0 Å². The van der Waals surface area contributed by atoms with Crippen molar-refractivity contribution in [2.24, 2.45) is 0 Å². The Morgan fingerprint density at radius 1 is 0.947 bits per heavy atom. The third kappa shape index (κ3) is 1.98. The molecule has 0 aliphatic heterocycles. The monoisotopic (exact) mass is 266 g/mol. The number of hydrogen-bond donors (Lipinski definition) is 0. The molecule has 0 bridgehead atoms. The molecule has 1 heterocycles. The summed E-state index contributed by atoms with van der Waals surface area (Å²) in [6.45, 7) is 0. The van der Waals surface area contributed by atoms with E-state index in [1.807, 2.05) is 54.6 Å². The Morgan fingerprint density at radius 3 is 2.37 bits per heavy atom. The van der Waals surface area contributed by atoms with Crippen LogP contribution in [0.5, 0.6) is 0 Å². The molecule has 2 aromatic carbocycles. The fourth-order valence-corrected chi connectivity index (χ4v) is 2.51. The summed E-state index contributed by atoms with van der Waals surface area (Å²) < 4.78 is 6.29. The van der Waals surface area contributed by atoms with E-state index in [9.17, 15) is 4.79 Å². The first-order valence-electron chi connectivity index (χ1n) is 5.87. The molecule has 0 unspecified atom stereocenters. The van der Waals surface area contributed by atoms with Crippen LogP contribution in [0.25, 0.3) is 22.1 Å². The Bertz CT molecular complexity index is 804. The predicted molar refractivity (Wildman–Crippen MR) is 77.9 cm³/mol. The van der Waals surface area contributed by atoms with E-state index in [4.69, 9.17) is 16.6 Å². The van der Waals surface area contributed by atoms with E-state index < -0.39 is 0 Å². The number of carbonyl (C=O) groups excluding carboxylic acids is 1. The smallest absolute Gasteiger partial charge is 0.186 e. The van der Waals surface area contributed by atoms with Crippen molar-refractivity contribution in [3.63, 3.8) is 0 Å². The van der Waals surface area contributed by atoms with Crippen LogP contribution in [0.4, 0.5) is 0 Å². The second-order valence-corrected chi connectivity index (χ2v) is 4.56. The molecule has 92 valence electrons. The summed E-state index contributed by atoms with van der Waals surface area (Å²) in [6, 6.07) is 17.1. The van der Waals surface area contributed by atoms with Crippen molar-refractivity contribution >= 4 is 29.5 Å². The van der Waals surface area contributed by atoms with Gasteiger partial charge in [-0.1, -0.05) is 54.7 Å². The fraction of sp³-hybridized carbons (Fsp3) is 0. The second-order valence-electron chi connectivity index (χ2n) is 4.15. The lowest BCUT2D eigenvalue weighted by atomic mass is 10.0. The minimum atomic E-state index is 0.273. The maximum Gasteiger partial charge on any atom is 0.186 e. The van der Waals surface area contributed by atoms with Gasteiger partial charge in [-0.15, -0.1) is 0 Å². The molecule has 3 aromatic rings. The summed E-state index contributed by atoms with van der Waals surface area (Å²) >= 11 is 5.51. The highest BCUT2D eigenvalue weighted by Gasteiger charge is 2.12. The van der Waals surface area contributed by atoms with Crippen LogP contribution in [0.15, 0.2) is 59.0 Å². The molecule has 0 fully saturated rings. The van der Waals surface area contributed by atoms with Gasteiger partial charge in [0.15, 0.2) is 12.0 Å². The van der Waals surface area contributed by atoms with E-state index in [2.05, 4.69) is 0 Å². The zero-order valence-electron chi connectivity index (χ0n) is 10.00. The molecule has 0 spiro atoms. The van der Waals surface area contributed by atoms with Crippen LogP contribution < -0.4 is 0 Å². The van der Waals surface area contributed by atoms with Gasteiger partial charge >= 0.3 is 0 Å². The third-order valence-electron chi connectivity index (χ3n) is 2.99. The van der Waals surface area contributed by atoms with Crippen molar-refractivity contribution in [1.29, 1.82) is 0 Å². The Balaban J connectivity index is 2.44. The summed E-state index contributed by atoms with van der Waals surface area (Å²) in [7, 11) is 0. The van der Waals surface area contributed by atoms with E-state index in [-0.39, 0.29) is 5.76 Å². The standard InChI is InChI=1S/C16H10O2S/c17-10-14-15(11-6-2-1-3-7-11)16(19)12-8-4-5-9-13(12)18-14/h1-10H. The number of para-hydroxylation sites is 1. The van der Waals surface area contributed by atoms with Gasteiger partial charge in [0.05, 0.1) is 4.51 Å². The molecule has 0 atom stereocenters. The highest BCUT2D eigenvalue weighted by Crippen LogP contribution is 2.30. The molecule has 0 amide bonds. The number of rotatable bonds is 2. The van der Waals surface area contributed by atoms with Crippen LogP contribution in [0, 0.1) is 4.51 Å². The Labute approximate surface area is 115 Å². The molecule has 0 aliphatic rings. The quantitative estimate of drug-likeness (QED) is 0.500. The van der Waals surface area contributed by atoms with E-state index in [0.717, 1.165) is 10.9 Å². The van der Waals surface area contributed by atoms with Crippen LogP contribution in [-0.4, -0.2) is 6.29 Å². The minimum absolute atomic E-state index is 0.273. The molecule has 0 aliphatic carbocycles. The SMILES string of the molecule is O=Cc1oc2ccccc2c(=S)c1-c1ccccc1. The van der Waals surface area contributed by atoms with Crippen molar-refractivity contribution in [3.05, 3.63) is 64.9 Å². The Hall–Kier alpha value is -2.26. The molecule has 3 rings (SSSR count). The minimum Gasteiger partial charge on any atom is -0.453 e. The molecule has 1 aromatic heterocycles. The third-order valence-corrected chi connectivity index (χ3v) is 3.42. The molecule has 19 heavy (non-hydrogen) atoms. The summed E-state index contributed by atoms with van der Waals surface area (Å²) in [5.41, 5.74) is 2.21. The van der Waals surface area contributed by atoms with Gasteiger partial charge in [0.1, 0.15) is 5.58 Å². The lowest BCUT2D eigenvalue weighted by molar-refractivity contribution is 0.110. The number of fused-ring (bicyclic) bond motifs is 1. The summed E-state index contributed by atoms with van der Waals surface area (Å²) in [5, 5.41) is 0.849. The van der Waals surface area contributed by atoms with Crippen molar-refractivity contribution in [2.75, 3.05) is 0 Å². The normalized spacial score (nSPS) is 10.5. The zero-order valence-corrected chi connectivity index (χ0v) is 10.8. The molecule has 0 N–H and O–H groups in total. The summed E-state index contributed by atoms with van der Waals surface area (Å²) in [6.07, 6.45) is 0.713. The van der Waals surface area contributed by atoms with E-state index in [1.165, 1.54) is 0 Å². The molecule has 3 heteroatoms. The largest absolute Gasteiger partial charge is 0.453 e. The maximum atomic E-state index is 11.3. The van der Waals surface area contributed by atoms with Gasteiger partial charge in [-0.05, 0) is 17.7 Å². The van der Waals surface area contributed by atoms with Gasteiger partial charge in [-0.2, -0.15) is 0 Å². The predicted octanol–water partition coefficient (Wildman–Crippen LogP) is 4.64. The number of hydrogen-bond acceptors (Lipinski definition) is 3. The van der Waals surface area contributed by atoms with Crippen molar-refractivity contribution in [2.45, 2.75) is 0 Å². The Morgan fingerprint density at radius 2 is 1.63 bits per heavy atom. The number of benzene rings is 2. The van der Waals surface area contributed by atoms with E-state index in [1.54, 1.807) is 0 Å². The van der Waals surface area contributed by atoms with Crippen LogP contribution >= 0.6 is 12.2 Å². The van der Waals surface area contributed by atoms with Crippen molar-refractivity contribution in [3.8, 4) is 11.1 Å². The van der Waals surface area contributed by atoms with Gasteiger partial charge in [-0.3, -0.25) is 4.79 Å². The summed E-state index contributed by atoms with van der Waals surface area (Å²) in [5.74, 6) is 0.273. The molecule has 0 radical (unpaired) electrons. The van der Waals surface area contributed by atoms with Crippen molar-refractivity contribution < 1.29 is 9.21 Å². The second kappa shape index (κ2) is 4.78. The average molecular weight is 266 g/mol. The lowest BCUT2D eigenvalue weighted by Gasteiger charge is -2.07. The molecule has 0 saturated heterocycles. The fourth-order valence-electron chi connectivity index (χ4n) is 2.12. The highest BCUT2D eigenvalue weighted by molar-refractivity contribution is 7.71. The zero-order chi connectivity index (χ0) is 13.2. The van der Waals surface area contributed by atoms with Crippen LogP contribution in [-0.2, 0) is 0 Å². The molecule has 0 saturated carbocycles. The highest BCUT2D eigenvalue weighted by atomic mass is 32.1. The van der Waals surface area contributed by atoms with Crippen molar-refractivity contribution in [1.82, 2.24) is 0 Å².